The third-order valence-corrected chi connectivity index (χ3v) is 6.33. The topological polar surface area (TPSA) is 98.1 Å². The second-order valence-electron chi connectivity index (χ2n) is 8.54. The van der Waals surface area contributed by atoms with Crippen molar-refractivity contribution >= 4 is 22.9 Å². The van der Waals surface area contributed by atoms with Gasteiger partial charge in [0.2, 0.25) is 17.7 Å². The summed E-state index contributed by atoms with van der Waals surface area (Å²) in [5, 5.41) is 3.39. The van der Waals surface area contributed by atoms with Gasteiger partial charge < -0.3 is 19.5 Å². The van der Waals surface area contributed by atoms with Crippen molar-refractivity contribution in [2.45, 2.75) is 44.7 Å². The molecule has 0 radical (unpaired) electrons. The Balaban J connectivity index is 1.36. The molecule has 2 fully saturated rings. The van der Waals surface area contributed by atoms with Gasteiger partial charge >= 0.3 is 0 Å². The van der Waals surface area contributed by atoms with Crippen LogP contribution in [0.4, 0.5) is 14.6 Å². The van der Waals surface area contributed by atoms with E-state index in [1.54, 1.807) is 24.3 Å². The summed E-state index contributed by atoms with van der Waals surface area (Å²) in [6.07, 6.45) is 3.22. The highest BCUT2D eigenvalue weighted by Gasteiger charge is 2.50. The van der Waals surface area contributed by atoms with Crippen LogP contribution in [-0.4, -0.2) is 67.5 Å². The molecule has 1 N–H and O–H groups in total. The van der Waals surface area contributed by atoms with Gasteiger partial charge in [-0.25, -0.2) is 28.7 Å². The largest absolute Gasteiger partial charge is 0.481 e. The van der Waals surface area contributed by atoms with Crippen molar-refractivity contribution in [3.63, 3.8) is 0 Å². The molecule has 4 heterocycles. The number of methoxy groups -OCH3 is 1. The number of halogens is 2. The quantitative estimate of drug-likeness (QED) is 0.608. The molecule has 1 aliphatic heterocycles. The second-order valence-corrected chi connectivity index (χ2v) is 8.54. The van der Waals surface area contributed by atoms with Gasteiger partial charge in [0.15, 0.2) is 17.0 Å². The zero-order chi connectivity index (χ0) is 23.2. The van der Waals surface area contributed by atoms with Crippen molar-refractivity contribution in [1.82, 2.24) is 29.4 Å². The summed E-state index contributed by atoms with van der Waals surface area (Å²) in [7, 11) is 1.57. The number of fused-ring (bicyclic) bond motifs is 1. The molecule has 174 valence electrons. The van der Waals surface area contributed by atoms with E-state index in [9.17, 15) is 13.6 Å². The Morgan fingerprint density at radius 2 is 2.09 bits per heavy atom. The molecule has 1 saturated heterocycles. The Morgan fingerprint density at radius 1 is 1.27 bits per heavy atom. The van der Waals surface area contributed by atoms with Crippen LogP contribution in [0.15, 0.2) is 24.7 Å². The third-order valence-electron chi connectivity index (χ3n) is 6.33. The number of carbonyl (C=O) groups excluding carboxylic acids is 1. The lowest BCUT2D eigenvalue weighted by molar-refractivity contribution is -0.158. The molecule has 0 bridgehead atoms. The minimum absolute atomic E-state index is 0.0366. The van der Waals surface area contributed by atoms with Gasteiger partial charge in [-0.15, -0.1) is 0 Å². The molecule has 2 aliphatic rings. The molecule has 1 saturated carbocycles. The van der Waals surface area contributed by atoms with Gasteiger partial charge in [0.25, 0.3) is 0 Å². The number of nitrogens with one attached hydrogen (secondary N) is 1. The van der Waals surface area contributed by atoms with Gasteiger partial charge in [-0.2, -0.15) is 0 Å². The third kappa shape index (κ3) is 3.96. The van der Waals surface area contributed by atoms with E-state index in [1.165, 1.54) is 6.33 Å². The first-order chi connectivity index (χ1) is 15.9. The van der Waals surface area contributed by atoms with E-state index in [-0.39, 0.29) is 24.8 Å². The normalized spacial score (nSPS) is 20.1. The lowest BCUT2D eigenvalue weighted by Crippen LogP contribution is -2.46. The van der Waals surface area contributed by atoms with Crippen molar-refractivity contribution in [3.05, 3.63) is 24.7 Å². The van der Waals surface area contributed by atoms with E-state index in [0.29, 0.717) is 48.9 Å². The summed E-state index contributed by atoms with van der Waals surface area (Å²) in [5.41, 5.74) is 2.16. The number of anilines is 1. The molecule has 1 amide bonds. The van der Waals surface area contributed by atoms with Crippen molar-refractivity contribution < 1.29 is 18.3 Å². The maximum atomic E-state index is 13.2. The van der Waals surface area contributed by atoms with Gasteiger partial charge in [-0.1, -0.05) is 0 Å². The van der Waals surface area contributed by atoms with Crippen molar-refractivity contribution in [3.8, 4) is 17.3 Å². The highest BCUT2D eigenvalue weighted by Crippen LogP contribution is 2.43. The number of aromatic nitrogens is 5. The molecule has 3 aromatic heterocycles. The molecule has 9 nitrogen and oxygen atoms in total. The van der Waals surface area contributed by atoms with Crippen LogP contribution in [-0.2, 0) is 11.3 Å². The van der Waals surface area contributed by atoms with E-state index < -0.39 is 11.8 Å². The standard InChI is InChI=1S/C22H25F2N7O2/c1-3-31-19(13-4-5-16(33-2)25-10-13)29-17-18(26-12-27-20(17)31)28-15-6-7-30(11-15)21(32)14-8-22(23,24)9-14/h4-5,10,12,14-15H,3,6-9,11H2,1-2H3,(H,26,27,28)/t15-/m0/s1. The molecule has 5 rings (SSSR count). The Kier molecular flexibility index (Phi) is 5.34. The van der Waals surface area contributed by atoms with Crippen LogP contribution in [0.5, 0.6) is 5.88 Å². The van der Waals surface area contributed by atoms with Crippen LogP contribution in [0, 0.1) is 5.92 Å². The fourth-order valence-corrected chi connectivity index (χ4v) is 4.56. The van der Waals surface area contributed by atoms with Crippen LogP contribution in [0.25, 0.3) is 22.6 Å². The van der Waals surface area contributed by atoms with Crippen LogP contribution in [0.2, 0.25) is 0 Å². The number of rotatable bonds is 6. The number of alkyl halides is 2. The Morgan fingerprint density at radius 3 is 2.76 bits per heavy atom. The summed E-state index contributed by atoms with van der Waals surface area (Å²) < 4.78 is 33.4. The van der Waals surface area contributed by atoms with Gasteiger partial charge in [0.05, 0.1) is 7.11 Å². The number of pyridine rings is 1. The number of hydrogen-bond donors (Lipinski definition) is 1. The van der Waals surface area contributed by atoms with Gasteiger partial charge in [-0.05, 0) is 19.4 Å². The summed E-state index contributed by atoms with van der Waals surface area (Å²) in [6.45, 7) is 3.67. The maximum Gasteiger partial charge on any atom is 0.249 e. The molecular formula is C22H25F2N7O2. The van der Waals surface area contributed by atoms with Crippen molar-refractivity contribution in [1.29, 1.82) is 0 Å². The van der Waals surface area contributed by atoms with E-state index in [2.05, 4.69) is 20.3 Å². The van der Waals surface area contributed by atoms with Gasteiger partial charge in [0, 0.05) is 62.3 Å². The van der Waals surface area contributed by atoms with Crippen molar-refractivity contribution in [2.24, 2.45) is 5.92 Å². The number of likely N-dealkylation sites (tertiary alicyclic amines) is 1. The minimum Gasteiger partial charge on any atom is -0.481 e. The predicted molar refractivity (Wildman–Crippen MR) is 117 cm³/mol. The van der Waals surface area contributed by atoms with Crippen LogP contribution in [0.3, 0.4) is 0 Å². The highest BCUT2D eigenvalue weighted by atomic mass is 19.3. The van der Waals surface area contributed by atoms with E-state index in [4.69, 9.17) is 9.72 Å². The minimum atomic E-state index is -2.69. The number of hydrogen-bond acceptors (Lipinski definition) is 7. The molecule has 0 spiro atoms. The summed E-state index contributed by atoms with van der Waals surface area (Å²) in [4.78, 5) is 32.1. The number of aryl methyl sites for hydroxylation is 1. The first-order valence-electron chi connectivity index (χ1n) is 11.0. The van der Waals surface area contributed by atoms with Crippen LogP contribution in [0.1, 0.15) is 26.2 Å². The second kappa shape index (κ2) is 8.20. The number of nitrogens with zero attached hydrogens (tertiary/aromatic N) is 6. The monoisotopic (exact) mass is 457 g/mol. The zero-order valence-electron chi connectivity index (χ0n) is 18.5. The molecule has 1 atom stereocenters. The fourth-order valence-electron chi connectivity index (χ4n) is 4.56. The van der Waals surface area contributed by atoms with Crippen molar-refractivity contribution in [2.75, 3.05) is 25.5 Å². The first kappa shape index (κ1) is 21.5. The lowest BCUT2D eigenvalue weighted by atomic mass is 9.80. The van der Waals surface area contributed by atoms with E-state index in [0.717, 1.165) is 11.4 Å². The molecule has 3 aromatic rings. The average molecular weight is 457 g/mol. The predicted octanol–water partition coefficient (Wildman–Crippen LogP) is 2.97. The Labute approximate surface area is 189 Å². The Bertz CT molecular complexity index is 1170. The van der Waals surface area contributed by atoms with Crippen LogP contribution < -0.4 is 10.1 Å². The molecule has 11 heteroatoms. The smallest absolute Gasteiger partial charge is 0.249 e. The lowest BCUT2D eigenvalue weighted by Gasteiger charge is -2.36. The molecule has 1 aliphatic carbocycles. The summed E-state index contributed by atoms with van der Waals surface area (Å²) in [6, 6.07) is 3.64. The number of imidazole rings is 1. The molecule has 0 unspecified atom stereocenters. The SMILES string of the molecule is CCn1c(-c2ccc(OC)nc2)nc2c(N[C@H]3CCN(C(=O)C4CC(F)(F)C4)C3)ncnc21. The fraction of sp³-hybridized carbons (Fsp3) is 0.500. The van der Waals surface area contributed by atoms with Gasteiger partial charge in [0.1, 0.15) is 12.2 Å². The zero-order valence-corrected chi connectivity index (χ0v) is 18.5. The van der Waals surface area contributed by atoms with Gasteiger partial charge in [-0.3, -0.25) is 4.79 Å². The molecule has 0 aromatic carbocycles. The highest BCUT2D eigenvalue weighted by molar-refractivity contribution is 5.86. The first-order valence-corrected chi connectivity index (χ1v) is 11.0. The molecular weight excluding hydrogens is 432 g/mol. The molecule has 33 heavy (non-hydrogen) atoms. The Hall–Kier alpha value is -3.37. The summed E-state index contributed by atoms with van der Waals surface area (Å²) in [5.74, 6) is -1.61. The van der Waals surface area contributed by atoms with E-state index in [1.807, 2.05) is 17.6 Å². The van der Waals surface area contributed by atoms with Crippen LogP contribution >= 0.6 is 0 Å². The maximum absolute atomic E-state index is 13.2. The number of carbonyl (C=O) groups is 1. The number of ether oxygens (including phenoxy) is 1. The average Bonchev–Trinajstić information content (AvgIpc) is 3.42. The summed E-state index contributed by atoms with van der Waals surface area (Å²) >= 11 is 0. The number of amides is 1. The van der Waals surface area contributed by atoms with E-state index >= 15 is 0 Å².